The first kappa shape index (κ1) is 16.8. The lowest BCUT2D eigenvalue weighted by Crippen LogP contribution is -2.00. The molecule has 1 aliphatic heterocycles. The minimum absolute atomic E-state index is 0.109. The zero-order valence-corrected chi connectivity index (χ0v) is 14.4. The van der Waals surface area contributed by atoms with Gasteiger partial charge in [0.15, 0.2) is 5.76 Å². The molecular weight excluding hydrogens is 312 g/mol. The Morgan fingerprint density at radius 3 is 2.68 bits per heavy atom. The summed E-state index contributed by atoms with van der Waals surface area (Å²) in [5.74, 6) is 1.49. The van der Waals surface area contributed by atoms with Gasteiger partial charge in [-0.05, 0) is 43.2 Å². The molecule has 0 aromatic heterocycles. The molecule has 0 saturated carbocycles. The van der Waals surface area contributed by atoms with Crippen molar-refractivity contribution in [2.45, 2.75) is 13.8 Å². The lowest BCUT2D eigenvalue weighted by Gasteiger charge is -2.11. The average Bonchev–Trinajstić information content (AvgIpc) is 2.92. The van der Waals surface area contributed by atoms with E-state index >= 15 is 0 Å². The average molecular weight is 332 g/mol. The van der Waals surface area contributed by atoms with Crippen LogP contribution in [0.2, 0.25) is 0 Å². The molecule has 0 spiro atoms. The minimum atomic E-state index is -0.109. The van der Waals surface area contributed by atoms with Gasteiger partial charge in [-0.15, -0.1) is 0 Å². The third-order valence-electron chi connectivity index (χ3n) is 3.85. The monoisotopic (exact) mass is 332 g/mol. The van der Waals surface area contributed by atoms with Crippen LogP contribution >= 0.6 is 0 Å². The summed E-state index contributed by atoms with van der Waals surface area (Å²) in [6.07, 6.45) is 5.45. The van der Waals surface area contributed by atoms with Crippen molar-refractivity contribution in [3.63, 3.8) is 0 Å². The Labute approximate surface area is 147 Å². The number of benzene rings is 2. The van der Waals surface area contributed by atoms with Crippen molar-refractivity contribution < 1.29 is 14.3 Å². The number of carbonyl (C=O) groups is 1. The van der Waals surface area contributed by atoms with Crippen LogP contribution < -0.4 is 9.47 Å². The van der Waals surface area contributed by atoms with Crippen molar-refractivity contribution in [3.8, 4) is 11.5 Å². The number of ketones is 1. The second kappa shape index (κ2) is 7.22. The van der Waals surface area contributed by atoms with Crippen LogP contribution in [0.5, 0.6) is 11.5 Å². The van der Waals surface area contributed by atoms with Gasteiger partial charge in [-0.3, -0.25) is 4.79 Å². The number of ether oxygens (including phenoxy) is 2. The van der Waals surface area contributed by atoms with Crippen LogP contribution in [-0.4, -0.2) is 12.4 Å². The van der Waals surface area contributed by atoms with Gasteiger partial charge in [-0.1, -0.05) is 49.1 Å². The fourth-order valence-corrected chi connectivity index (χ4v) is 2.55. The summed E-state index contributed by atoms with van der Waals surface area (Å²) >= 11 is 0. The molecule has 1 aliphatic rings. The molecule has 0 N–H and O–H groups in total. The highest BCUT2D eigenvalue weighted by molar-refractivity contribution is 6.12. The molecule has 2 aromatic rings. The largest absolute Gasteiger partial charge is 0.489 e. The maximum atomic E-state index is 12.5. The van der Waals surface area contributed by atoms with Crippen LogP contribution in [0, 0.1) is 6.92 Å². The Hall–Kier alpha value is -3.07. The van der Waals surface area contributed by atoms with Gasteiger partial charge in [0.25, 0.3) is 0 Å². The highest BCUT2D eigenvalue weighted by atomic mass is 16.5. The summed E-state index contributed by atoms with van der Waals surface area (Å²) in [6, 6.07) is 13.5. The van der Waals surface area contributed by atoms with Crippen molar-refractivity contribution in [3.05, 3.63) is 89.2 Å². The topological polar surface area (TPSA) is 35.5 Å². The van der Waals surface area contributed by atoms with E-state index in [1.54, 1.807) is 18.2 Å². The SMILES string of the molecule is C=C(C)COc1ccc2c(c1C)O/C(=C\C=C\c1ccccc1)C2=O. The van der Waals surface area contributed by atoms with E-state index in [-0.39, 0.29) is 5.78 Å². The molecule has 0 unspecified atom stereocenters. The van der Waals surface area contributed by atoms with Gasteiger partial charge in [-0.2, -0.15) is 0 Å². The predicted octanol–water partition coefficient (Wildman–Crippen LogP) is 5.12. The highest BCUT2D eigenvalue weighted by Gasteiger charge is 2.29. The van der Waals surface area contributed by atoms with Crippen molar-refractivity contribution >= 4 is 11.9 Å². The number of allylic oxidation sites excluding steroid dienone is 3. The zero-order chi connectivity index (χ0) is 17.8. The minimum Gasteiger partial charge on any atom is -0.489 e. The van der Waals surface area contributed by atoms with Crippen LogP contribution in [-0.2, 0) is 0 Å². The molecule has 126 valence electrons. The van der Waals surface area contributed by atoms with Gasteiger partial charge in [0.05, 0.1) is 5.56 Å². The summed E-state index contributed by atoms with van der Waals surface area (Å²) in [6.45, 7) is 8.07. The number of hydrogen-bond acceptors (Lipinski definition) is 3. The maximum absolute atomic E-state index is 12.5. The van der Waals surface area contributed by atoms with Crippen LogP contribution in [0.1, 0.15) is 28.4 Å². The van der Waals surface area contributed by atoms with Crippen LogP contribution in [0.4, 0.5) is 0 Å². The number of fused-ring (bicyclic) bond motifs is 1. The van der Waals surface area contributed by atoms with Crippen LogP contribution in [0.3, 0.4) is 0 Å². The first-order valence-corrected chi connectivity index (χ1v) is 8.13. The molecule has 0 bridgehead atoms. The van der Waals surface area contributed by atoms with Gasteiger partial charge in [-0.25, -0.2) is 0 Å². The molecule has 3 nitrogen and oxygen atoms in total. The van der Waals surface area contributed by atoms with Gasteiger partial charge >= 0.3 is 0 Å². The fourth-order valence-electron chi connectivity index (χ4n) is 2.55. The second-order valence-corrected chi connectivity index (χ2v) is 6.04. The summed E-state index contributed by atoms with van der Waals surface area (Å²) in [5, 5.41) is 0. The lowest BCUT2D eigenvalue weighted by molar-refractivity contribution is 0.101. The molecule has 0 radical (unpaired) electrons. The molecule has 1 heterocycles. The molecule has 25 heavy (non-hydrogen) atoms. The quantitative estimate of drug-likeness (QED) is 0.563. The number of rotatable bonds is 5. The summed E-state index contributed by atoms with van der Waals surface area (Å²) in [7, 11) is 0. The number of Topliss-reactive ketones (excluding diaryl/α,β-unsaturated/α-hetero) is 1. The van der Waals surface area contributed by atoms with E-state index in [1.807, 2.05) is 56.3 Å². The molecular formula is C22H20O3. The Balaban J connectivity index is 1.80. The van der Waals surface area contributed by atoms with Crippen LogP contribution in [0.15, 0.2) is 72.5 Å². The Bertz CT molecular complexity index is 874. The normalized spacial score (nSPS) is 14.6. The van der Waals surface area contributed by atoms with E-state index in [0.717, 1.165) is 16.7 Å². The van der Waals surface area contributed by atoms with Gasteiger partial charge in [0.1, 0.15) is 18.1 Å². The first-order chi connectivity index (χ1) is 12.1. The summed E-state index contributed by atoms with van der Waals surface area (Å²) in [5.41, 5.74) is 3.39. The van der Waals surface area contributed by atoms with Crippen LogP contribution in [0.25, 0.3) is 6.08 Å². The molecule has 0 saturated heterocycles. The van der Waals surface area contributed by atoms with Crippen molar-refractivity contribution in [1.29, 1.82) is 0 Å². The van der Waals surface area contributed by atoms with E-state index in [9.17, 15) is 4.79 Å². The van der Waals surface area contributed by atoms with Gasteiger partial charge in [0, 0.05) is 5.56 Å². The summed E-state index contributed by atoms with van der Waals surface area (Å²) in [4.78, 5) is 12.5. The molecule has 0 aliphatic carbocycles. The Morgan fingerprint density at radius 1 is 1.20 bits per heavy atom. The third kappa shape index (κ3) is 3.72. The van der Waals surface area contributed by atoms with Crippen molar-refractivity contribution in [2.75, 3.05) is 6.61 Å². The number of hydrogen-bond donors (Lipinski definition) is 0. The fraction of sp³-hybridized carbons (Fsp3) is 0.136. The number of carbonyl (C=O) groups excluding carboxylic acids is 1. The second-order valence-electron chi connectivity index (χ2n) is 6.04. The maximum Gasteiger partial charge on any atom is 0.231 e. The Kier molecular flexibility index (Phi) is 4.85. The van der Waals surface area contributed by atoms with E-state index in [1.165, 1.54) is 0 Å². The van der Waals surface area contributed by atoms with Crippen molar-refractivity contribution in [1.82, 2.24) is 0 Å². The molecule has 3 heteroatoms. The summed E-state index contributed by atoms with van der Waals surface area (Å²) < 4.78 is 11.5. The van der Waals surface area contributed by atoms with Gasteiger partial charge < -0.3 is 9.47 Å². The molecule has 3 rings (SSSR count). The van der Waals surface area contributed by atoms with E-state index in [2.05, 4.69) is 6.58 Å². The van der Waals surface area contributed by atoms with E-state index in [4.69, 9.17) is 9.47 Å². The van der Waals surface area contributed by atoms with E-state index < -0.39 is 0 Å². The van der Waals surface area contributed by atoms with Gasteiger partial charge in [0.2, 0.25) is 5.78 Å². The van der Waals surface area contributed by atoms with Crippen molar-refractivity contribution in [2.24, 2.45) is 0 Å². The molecule has 2 aromatic carbocycles. The third-order valence-corrected chi connectivity index (χ3v) is 3.85. The predicted molar refractivity (Wildman–Crippen MR) is 100 cm³/mol. The molecule has 0 atom stereocenters. The molecule has 0 amide bonds. The lowest BCUT2D eigenvalue weighted by atomic mass is 10.1. The standard InChI is InChI=1S/C22H20O3/c1-15(2)14-24-19-13-12-18-21(23)20(25-22(18)16(19)3)11-7-10-17-8-5-4-6-9-17/h4-13H,1,14H2,2-3H3/b10-7+,20-11-. The highest BCUT2D eigenvalue weighted by Crippen LogP contribution is 2.38. The zero-order valence-electron chi connectivity index (χ0n) is 14.4. The Morgan fingerprint density at radius 2 is 1.96 bits per heavy atom. The smallest absolute Gasteiger partial charge is 0.231 e. The first-order valence-electron chi connectivity index (χ1n) is 8.13. The van der Waals surface area contributed by atoms with E-state index in [0.29, 0.717) is 29.4 Å². The molecule has 0 fully saturated rings.